The van der Waals surface area contributed by atoms with Crippen LogP contribution in [0.2, 0.25) is 0 Å². The molecule has 102 valence electrons. The molecule has 0 amide bonds. The highest BCUT2D eigenvalue weighted by Crippen LogP contribution is 2.11. The lowest BCUT2D eigenvalue weighted by atomic mass is 9.96. The van der Waals surface area contributed by atoms with Gasteiger partial charge in [-0.3, -0.25) is 0 Å². The molecule has 0 aliphatic rings. The lowest BCUT2D eigenvalue weighted by Gasteiger charge is -2.31. The highest BCUT2D eigenvalue weighted by Gasteiger charge is 2.17. The van der Waals surface area contributed by atoms with E-state index < -0.39 is 0 Å². The number of hydrogen-bond acceptors (Lipinski definition) is 2. The molecule has 0 aliphatic heterocycles. The molecule has 0 saturated carbocycles. The van der Waals surface area contributed by atoms with Crippen LogP contribution in [0.25, 0.3) is 0 Å². The minimum Gasteiger partial charge on any atom is -0.352 e. The fourth-order valence-electron chi connectivity index (χ4n) is 1.48. The van der Waals surface area contributed by atoms with Gasteiger partial charge in [0.25, 0.3) is 0 Å². The molecule has 0 aromatic rings. The molecular formula is C13H29N3S. The summed E-state index contributed by atoms with van der Waals surface area (Å²) < 4.78 is 0. The molecule has 0 spiro atoms. The smallest absolute Gasteiger partial charge is 0.171 e. The maximum Gasteiger partial charge on any atom is 0.171 e. The van der Waals surface area contributed by atoms with Crippen LogP contribution in [-0.4, -0.2) is 47.6 Å². The lowest BCUT2D eigenvalue weighted by Crippen LogP contribution is -2.43. The Kier molecular flexibility index (Phi) is 7.71. The van der Waals surface area contributed by atoms with Gasteiger partial charge in [-0.1, -0.05) is 20.3 Å². The molecule has 3 nitrogen and oxygen atoms in total. The molecule has 0 rings (SSSR count). The second kappa shape index (κ2) is 7.88. The van der Waals surface area contributed by atoms with Gasteiger partial charge in [0.05, 0.1) is 0 Å². The molecule has 0 heterocycles. The Balaban J connectivity index is 4.05. The fraction of sp³-hybridized carbons (Fsp3) is 0.923. The molecular weight excluding hydrogens is 230 g/mol. The number of nitrogens with two attached hydrogens (primary N) is 1. The van der Waals surface area contributed by atoms with Crippen molar-refractivity contribution >= 4 is 17.3 Å². The van der Waals surface area contributed by atoms with Crippen molar-refractivity contribution in [3.63, 3.8) is 0 Å². The maximum atomic E-state index is 6.14. The van der Waals surface area contributed by atoms with E-state index in [1.165, 1.54) is 12.8 Å². The summed E-state index contributed by atoms with van der Waals surface area (Å²) in [6.45, 7) is 8.39. The zero-order chi connectivity index (χ0) is 13.5. The van der Waals surface area contributed by atoms with Crippen LogP contribution < -0.4 is 5.73 Å². The Bertz CT molecular complexity index is 229. The third kappa shape index (κ3) is 6.84. The average Bonchev–Trinajstić information content (AvgIpc) is 2.32. The van der Waals surface area contributed by atoms with Crippen molar-refractivity contribution in [2.24, 2.45) is 5.73 Å². The third-order valence-corrected chi connectivity index (χ3v) is 3.95. The molecule has 1 atom stereocenters. The molecule has 0 fully saturated rings. The topological polar surface area (TPSA) is 32.5 Å². The van der Waals surface area contributed by atoms with Crippen LogP contribution >= 0.6 is 12.2 Å². The van der Waals surface area contributed by atoms with Crippen LogP contribution in [0.3, 0.4) is 0 Å². The van der Waals surface area contributed by atoms with Crippen LogP contribution in [-0.2, 0) is 0 Å². The fourth-order valence-corrected chi connectivity index (χ4v) is 1.66. The minimum atomic E-state index is -0.0775. The van der Waals surface area contributed by atoms with Crippen molar-refractivity contribution in [2.75, 3.05) is 27.2 Å². The van der Waals surface area contributed by atoms with E-state index in [1.807, 2.05) is 0 Å². The first kappa shape index (κ1) is 16.6. The summed E-state index contributed by atoms with van der Waals surface area (Å²) in [5.41, 5.74) is 6.06. The Labute approximate surface area is 112 Å². The Morgan fingerprint density at radius 2 is 1.71 bits per heavy atom. The van der Waals surface area contributed by atoms with Crippen molar-refractivity contribution in [2.45, 2.75) is 52.0 Å². The van der Waals surface area contributed by atoms with Gasteiger partial charge in [-0.25, -0.2) is 0 Å². The molecule has 2 N–H and O–H groups in total. The van der Waals surface area contributed by atoms with Crippen LogP contribution in [0, 0.1) is 0 Å². The molecule has 1 unspecified atom stereocenters. The Morgan fingerprint density at radius 1 is 1.18 bits per heavy atom. The molecule has 0 aliphatic carbocycles. The van der Waals surface area contributed by atoms with Gasteiger partial charge in [-0.15, -0.1) is 0 Å². The summed E-state index contributed by atoms with van der Waals surface area (Å²) in [5, 5.41) is 0.922. The normalized spacial score (nSPS) is 14.2. The number of rotatable bonds is 7. The van der Waals surface area contributed by atoms with Gasteiger partial charge in [-0.2, -0.15) is 0 Å². The Morgan fingerprint density at radius 3 is 2.18 bits per heavy atom. The summed E-state index contributed by atoms with van der Waals surface area (Å²) in [6, 6.07) is 0. The van der Waals surface area contributed by atoms with Crippen molar-refractivity contribution < 1.29 is 0 Å². The quantitative estimate of drug-likeness (QED) is 0.712. The van der Waals surface area contributed by atoms with E-state index in [1.54, 1.807) is 0 Å². The third-order valence-electron chi connectivity index (χ3n) is 3.33. The average molecular weight is 259 g/mol. The van der Waals surface area contributed by atoms with Gasteiger partial charge in [0.15, 0.2) is 5.11 Å². The summed E-state index contributed by atoms with van der Waals surface area (Å²) >= 11 is 5.45. The number of unbranched alkanes of at least 4 members (excludes halogenated alkanes) is 1. The van der Waals surface area contributed by atoms with Crippen LogP contribution in [0.4, 0.5) is 0 Å². The monoisotopic (exact) mass is 259 g/mol. The van der Waals surface area contributed by atoms with Gasteiger partial charge in [0.1, 0.15) is 0 Å². The predicted octanol–water partition coefficient (Wildman–Crippen LogP) is 2.45. The summed E-state index contributed by atoms with van der Waals surface area (Å²) in [4.78, 5) is 4.28. The van der Waals surface area contributed by atoms with E-state index >= 15 is 0 Å². The van der Waals surface area contributed by atoms with Crippen LogP contribution in [0.1, 0.15) is 46.5 Å². The zero-order valence-corrected chi connectivity index (χ0v) is 12.9. The minimum absolute atomic E-state index is 0.0775. The van der Waals surface area contributed by atoms with E-state index in [-0.39, 0.29) is 5.54 Å². The van der Waals surface area contributed by atoms with Gasteiger partial charge in [0.2, 0.25) is 0 Å². The predicted molar refractivity (Wildman–Crippen MR) is 80.3 cm³/mol. The molecule has 17 heavy (non-hydrogen) atoms. The lowest BCUT2D eigenvalue weighted by molar-refractivity contribution is 0.336. The van der Waals surface area contributed by atoms with Gasteiger partial charge in [-0.05, 0) is 38.4 Å². The van der Waals surface area contributed by atoms with Crippen molar-refractivity contribution in [3.05, 3.63) is 0 Å². The standard InChI is InChI=1S/C13H29N3S/c1-6-8-10-15(4)12(17)16(5)11-9-13(3,14)7-2/h6-11,14H2,1-5H3. The van der Waals surface area contributed by atoms with Crippen LogP contribution in [0.15, 0.2) is 0 Å². The number of hydrogen-bond donors (Lipinski definition) is 1. The SMILES string of the molecule is CCCCN(C)C(=S)N(C)CCC(C)(N)CC. The first-order valence-corrected chi connectivity index (χ1v) is 7.00. The summed E-state index contributed by atoms with van der Waals surface area (Å²) in [6.07, 6.45) is 4.36. The molecule has 0 aromatic carbocycles. The first-order valence-electron chi connectivity index (χ1n) is 6.59. The Hall–Kier alpha value is -0.350. The molecule has 4 heteroatoms. The second-order valence-electron chi connectivity index (χ2n) is 5.24. The highest BCUT2D eigenvalue weighted by molar-refractivity contribution is 7.80. The van der Waals surface area contributed by atoms with E-state index in [4.69, 9.17) is 18.0 Å². The molecule has 0 saturated heterocycles. The number of nitrogens with zero attached hydrogens (tertiary/aromatic N) is 2. The van der Waals surface area contributed by atoms with Crippen molar-refractivity contribution in [1.82, 2.24) is 9.80 Å². The van der Waals surface area contributed by atoms with Gasteiger partial charge >= 0.3 is 0 Å². The molecule has 0 bridgehead atoms. The van der Waals surface area contributed by atoms with E-state index in [2.05, 4.69) is 44.7 Å². The van der Waals surface area contributed by atoms with Crippen molar-refractivity contribution in [1.29, 1.82) is 0 Å². The summed E-state index contributed by atoms with van der Waals surface area (Å²) in [5.74, 6) is 0. The highest BCUT2D eigenvalue weighted by atomic mass is 32.1. The second-order valence-corrected chi connectivity index (χ2v) is 5.60. The maximum absolute atomic E-state index is 6.14. The van der Waals surface area contributed by atoms with E-state index in [0.717, 1.165) is 31.0 Å². The van der Waals surface area contributed by atoms with E-state index in [9.17, 15) is 0 Å². The summed E-state index contributed by atoms with van der Waals surface area (Å²) in [7, 11) is 4.12. The largest absolute Gasteiger partial charge is 0.352 e. The van der Waals surface area contributed by atoms with Gasteiger partial charge in [0, 0.05) is 32.7 Å². The van der Waals surface area contributed by atoms with E-state index in [0.29, 0.717) is 0 Å². The van der Waals surface area contributed by atoms with Gasteiger partial charge < -0.3 is 15.5 Å². The molecule has 0 aromatic heterocycles. The first-order chi connectivity index (χ1) is 7.84. The van der Waals surface area contributed by atoms with Crippen LogP contribution in [0.5, 0.6) is 0 Å². The molecule has 0 radical (unpaired) electrons. The van der Waals surface area contributed by atoms with Crippen molar-refractivity contribution in [3.8, 4) is 0 Å². The number of thiocarbonyl (C=S) groups is 1. The zero-order valence-electron chi connectivity index (χ0n) is 12.1.